The second-order valence-electron chi connectivity index (χ2n) is 9.31. The highest BCUT2D eigenvalue weighted by molar-refractivity contribution is 5.92. The van der Waals surface area contributed by atoms with E-state index in [1.165, 1.54) is 12.1 Å². The van der Waals surface area contributed by atoms with E-state index in [4.69, 9.17) is 4.98 Å². The van der Waals surface area contributed by atoms with Gasteiger partial charge in [0.1, 0.15) is 23.3 Å². The van der Waals surface area contributed by atoms with Gasteiger partial charge in [-0.2, -0.15) is 0 Å². The number of carbonyl (C=O) groups is 1. The highest BCUT2D eigenvalue weighted by Gasteiger charge is 2.48. The van der Waals surface area contributed by atoms with E-state index in [9.17, 15) is 18.0 Å². The number of anilines is 2. The fourth-order valence-corrected chi connectivity index (χ4v) is 4.91. The third kappa shape index (κ3) is 3.80. The number of aryl methyl sites for hydroxylation is 2. The maximum absolute atomic E-state index is 14.7. The molecule has 10 heteroatoms. The summed E-state index contributed by atoms with van der Waals surface area (Å²) in [6.45, 7) is 7.44. The first-order valence-electron chi connectivity index (χ1n) is 11.2. The Kier molecular flexibility index (Phi) is 5.33. The van der Waals surface area contributed by atoms with Crippen LogP contribution in [0.15, 0.2) is 24.3 Å². The molecule has 0 aliphatic carbocycles. The molecule has 2 aliphatic rings. The number of aromatic nitrogens is 3. The number of hydrogen-bond donors (Lipinski definition) is 2. The number of nitrogens with one attached hydrogen (secondary N) is 2. The predicted octanol–water partition coefficient (Wildman–Crippen LogP) is 4.22. The fraction of sp³-hybridized carbons (Fsp3) is 0.417. The maximum atomic E-state index is 14.7. The van der Waals surface area contributed by atoms with Crippen LogP contribution in [-0.2, 0) is 4.79 Å². The molecule has 1 spiro atoms. The molecule has 0 radical (unpaired) electrons. The number of nitrogens with zero attached hydrogens (tertiary/aromatic N) is 4. The Balaban J connectivity index is 1.48. The Morgan fingerprint density at radius 1 is 1.15 bits per heavy atom. The summed E-state index contributed by atoms with van der Waals surface area (Å²) in [5.74, 6) is 0.909. The minimum Gasteiger partial charge on any atom is -0.363 e. The number of hydrogen-bond acceptors (Lipinski definition) is 6. The van der Waals surface area contributed by atoms with Gasteiger partial charge >= 0.3 is 0 Å². The maximum Gasteiger partial charge on any atom is 0.266 e. The van der Waals surface area contributed by atoms with Crippen LogP contribution >= 0.6 is 0 Å². The van der Waals surface area contributed by atoms with Crippen LogP contribution in [0.3, 0.4) is 0 Å². The molecule has 1 aromatic carbocycles. The molecule has 7 nitrogen and oxygen atoms in total. The van der Waals surface area contributed by atoms with Crippen molar-refractivity contribution >= 4 is 28.4 Å². The van der Waals surface area contributed by atoms with Gasteiger partial charge in [0.15, 0.2) is 0 Å². The van der Waals surface area contributed by atoms with Crippen LogP contribution in [0.4, 0.5) is 24.8 Å². The quantitative estimate of drug-likeness (QED) is 0.581. The van der Waals surface area contributed by atoms with Gasteiger partial charge in [-0.3, -0.25) is 4.79 Å². The van der Waals surface area contributed by atoms with E-state index in [1.807, 2.05) is 13.0 Å². The lowest BCUT2D eigenvalue weighted by Crippen LogP contribution is -2.57. The van der Waals surface area contributed by atoms with Crippen molar-refractivity contribution in [3.05, 3.63) is 52.7 Å². The van der Waals surface area contributed by atoms with Gasteiger partial charge in [-0.25, -0.2) is 28.1 Å². The summed E-state index contributed by atoms with van der Waals surface area (Å²) in [5.41, 5.74) is 0.857. The molecule has 0 bridgehead atoms. The molecule has 2 aromatic heterocycles. The van der Waals surface area contributed by atoms with Crippen LogP contribution in [0, 0.1) is 25.1 Å². The summed E-state index contributed by atoms with van der Waals surface area (Å²) < 4.78 is 41.1. The predicted molar refractivity (Wildman–Crippen MR) is 122 cm³/mol. The van der Waals surface area contributed by atoms with Crippen molar-refractivity contribution in [2.75, 3.05) is 29.9 Å². The summed E-state index contributed by atoms with van der Waals surface area (Å²) in [7, 11) is 0. The van der Waals surface area contributed by atoms with Gasteiger partial charge in [-0.1, -0.05) is 18.2 Å². The van der Waals surface area contributed by atoms with Crippen LogP contribution in [0.1, 0.15) is 48.5 Å². The lowest BCUT2D eigenvalue weighted by Gasteiger charge is -2.47. The van der Waals surface area contributed by atoms with E-state index in [2.05, 4.69) is 25.5 Å². The zero-order valence-electron chi connectivity index (χ0n) is 19.1. The Labute approximate surface area is 194 Å². The summed E-state index contributed by atoms with van der Waals surface area (Å²) >= 11 is 0. The number of carbonyl (C=O) groups excluding carboxylic acids is 1. The summed E-state index contributed by atoms with van der Waals surface area (Å²) in [4.78, 5) is 27.6. The van der Waals surface area contributed by atoms with Crippen LogP contribution in [0.5, 0.6) is 0 Å². The zero-order valence-corrected chi connectivity index (χ0v) is 19.1. The Hall–Kier alpha value is -3.43. The van der Waals surface area contributed by atoms with E-state index in [0.717, 1.165) is 30.7 Å². The minimum absolute atomic E-state index is 0.0474. The molecule has 3 aromatic rings. The molecule has 2 aliphatic heterocycles. The first-order valence-corrected chi connectivity index (χ1v) is 11.2. The van der Waals surface area contributed by atoms with E-state index in [-0.39, 0.29) is 16.9 Å². The third-order valence-electron chi connectivity index (χ3n) is 6.64. The summed E-state index contributed by atoms with van der Waals surface area (Å²) in [6, 6.07) is 5.28. The van der Waals surface area contributed by atoms with Gasteiger partial charge in [0.25, 0.3) is 6.43 Å². The van der Waals surface area contributed by atoms with Crippen molar-refractivity contribution in [1.29, 1.82) is 0 Å². The van der Waals surface area contributed by atoms with Gasteiger partial charge in [0.2, 0.25) is 5.91 Å². The Morgan fingerprint density at radius 2 is 1.88 bits per heavy atom. The van der Waals surface area contributed by atoms with Crippen molar-refractivity contribution in [1.82, 2.24) is 20.3 Å². The van der Waals surface area contributed by atoms with Crippen molar-refractivity contribution in [3.8, 4) is 0 Å². The smallest absolute Gasteiger partial charge is 0.266 e. The normalized spacial score (nSPS) is 17.9. The molecule has 2 N–H and O–H groups in total. The molecular weight excluding hydrogens is 445 g/mol. The standard InChI is InChI=1S/C24H25F3N6O/c1-12(15-5-4-6-16(20(15)25)22(26)27)30-23-17-7-18(29-13(2)21(17)31-14(3)32-23)33-10-24(11-33)8-19(34)28-9-24/h4-7,12,22H,8-11H2,1-3H3,(H,28,34)(H,30,31,32). The van der Waals surface area contributed by atoms with Crippen molar-refractivity contribution in [3.63, 3.8) is 0 Å². The first kappa shape index (κ1) is 22.4. The fourth-order valence-electron chi connectivity index (χ4n) is 4.91. The lowest BCUT2D eigenvalue weighted by molar-refractivity contribution is -0.119. The minimum atomic E-state index is -2.89. The molecule has 0 saturated carbocycles. The highest BCUT2D eigenvalue weighted by atomic mass is 19.3. The number of amides is 1. The third-order valence-corrected chi connectivity index (χ3v) is 6.64. The molecule has 1 amide bonds. The van der Waals surface area contributed by atoms with Crippen LogP contribution in [-0.4, -0.2) is 40.5 Å². The lowest BCUT2D eigenvalue weighted by atomic mass is 9.79. The van der Waals surface area contributed by atoms with E-state index >= 15 is 0 Å². The summed E-state index contributed by atoms with van der Waals surface area (Å²) in [5, 5.41) is 6.81. The Morgan fingerprint density at radius 3 is 2.56 bits per heavy atom. The van der Waals surface area contributed by atoms with E-state index in [1.54, 1.807) is 13.8 Å². The molecule has 2 saturated heterocycles. The van der Waals surface area contributed by atoms with Crippen molar-refractivity contribution in [2.45, 2.75) is 39.7 Å². The Bertz CT molecular complexity index is 1290. The molecule has 178 valence electrons. The zero-order chi connectivity index (χ0) is 24.2. The molecule has 1 atom stereocenters. The molecule has 5 rings (SSSR count). The molecule has 34 heavy (non-hydrogen) atoms. The topological polar surface area (TPSA) is 83.0 Å². The molecule has 4 heterocycles. The van der Waals surface area contributed by atoms with Gasteiger partial charge in [-0.15, -0.1) is 0 Å². The van der Waals surface area contributed by atoms with Crippen LogP contribution in [0.2, 0.25) is 0 Å². The van der Waals surface area contributed by atoms with Crippen molar-refractivity contribution < 1.29 is 18.0 Å². The monoisotopic (exact) mass is 470 g/mol. The van der Waals surface area contributed by atoms with Crippen molar-refractivity contribution in [2.24, 2.45) is 5.41 Å². The SMILES string of the molecule is Cc1nc(NC(C)c2cccc(C(F)F)c2F)c2cc(N3CC4(CNC(=O)C4)C3)nc(C)c2n1. The molecule has 2 fully saturated rings. The van der Waals surface area contributed by atoms with Gasteiger partial charge in [-0.05, 0) is 26.8 Å². The highest BCUT2D eigenvalue weighted by Crippen LogP contribution is 2.40. The van der Waals surface area contributed by atoms with Gasteiger partial charge < -0.3 is 15.5 Å². The largest absolute Gasteiger partial charge is 0.363 e. The average molecular weight is 470 g/mol. The first-order chi connectivity index (χ1) is 16.2. The number of halogens is 3. The van der Waals surface area contributed by atoms with Gasteiger partial charge in [0.05, 0.1) is 22.8 Å². The molecule has 1 unspecified atom stereocenters. The number of pyridine rings is 1. The number of rotatable bonds is 5. The average Bonchev–Trinajstić information content (AvgIpc) is 3.15. The van der Waals surface area contributed by atoms with Crippen LogP contribution < -0.4 is 15.5 Å². The van der Waals surface area contributed by atoms with Crippen LogP contribution in [0.25, 0.3) is 10.9 Å². The number of benzene rings is 1. The second kappa shape index (κ2) is 8.11. The van der Waals surface area contributed by atoms with E-state index in [0.29, 0.717) is 35.5 Å². The van der Waals surface area contributed by atoms with Gasteiger partial charge in [0, 0.05) is 42.4 Å². The van der Waals surface area contributed by atoms with E-state index < -0.39 is 23.8 Å². The number of alkyl halides is 2. The summed E-state index contributed by atoms with van der Waals surface area (Å²) in [6.07, 6.45) is -2.37. The number of fused-ring (bicyclic) bond motifs is 1. The molecular formula is C24H25F3N6O. The second-order valence-corrected chi connectivity index (χ2v) is 9.31.